The van der Waals surface area contributed by atoms with Crippen molar-refractivity contribution in [1.29, 1.82) is 0 Å². The second-order valence-corrected chi connectivity index (χ2v) is 6.10. The highest BCUT2D eigenvalue weighted by Gasteiger charge is 2.29. The Kier molecular flexibility index (Phi) is 3.63. The van der Waals surface area contributed by atoms with Gasteiger partial charge in [0.2, 0.25) is 0 Å². The van der Waals surface area contributed by atoms with Crippen LogP contribution in [-0.4, -0.2) is 19.1 Å². The molecule has 3 rings (SSSR count). The van der Waals surface area contributed by atoms with Crippen LogP contribution in [0, 0.1) is 0 Å². The molecule has 1 aromatic heterocycles. The van der Waals surface area contributed by atoms with Gasteiger partial charge in [0.05, 0.1) is 12.8 Å². The summed E-state index contributed by atoms with van der Waals surface area (Å²) in [4.78, 5) is 8.13. The predicted octanol–water partition coefficient (Wildman–Crippen LogP) is 3.26. The van der Waals surface area contributed by atoms with E-state index in [4.69, 9.17) is 15.5 Å². The van der Waals surface area contributed by atoms with E-state index in [1.165, 1.54) is 23.4 Å². The number of aromatic nitrogens is 1. The van der Waals surface area contributed by atoms with E-state index in [1.807, 2.05) is 31.3 Å². The zero-order valence-corrected chi connectivity index (χ0v) is 12.6. The van der Waals surface area contributed by atoms with Crippen LogP contribution in [-0.2, 0) is 6.54 Å². The monoisotopic (exact) mass is 289 g/mol. The quantitative estimate of drug-likeness (QED) is 0.918. The highest BCUT2D eigenvalue weighted by atomic mass is 32.1. The first-order valence-corrected chi connectivity index (χ1v) is 7.62. The Morgan fingerprint density at radius 1 is 1.35 bits per heavy atom. The highest BCUT2D eigenvalue weighted by Crippen LogP contribution is 2.44. The molecule has 0 aliphatic heterocycles. The number of benzene rings is 1. The molecule has 1 aromatic carbocycles. The number of rotatable bonds is 5. The molecule has 2 aromatic rings. The lowest BCUT2D eigenvalue weighted by Crippen LogP contribution is -2.08. The van der Waals surface area contributed by atoms with Gasteiger partial charge in [-0.3, -0.25) is 0 Å². The lowest BCUT2D eigenvalue weighted by molar-refractivity contribution is 0.415. The lowest BCUT2D eigenvalue weighted by Gasteiger charge is -2.16. The Morgan fingerprint density at radius 3 is 2.60 bits per heavy atom. The van der Waals surface area contributed by atoms with Crippen molar-refractivity contribution < 1.29 is 4.74 Å². The minimum Gasteiger partial charge on any atom is -0.497 e. The van der Waals surface area contributed by atoms with Crippen LogP contribution in [0.5, 0.6) is 5.75 Å². The second-order valence-electron chi connectivity index (χ2n) is 5.04. The molecule has 1 aliphatic rings. The number of ether oxygens (including phenoxy) is 1. The maximum atomic E-state index is 5.84. The summed E-state index contributed by atoms with van der Waals surface area (Å²) in [5.74, 6) is 1.51. The van der Waals surface area contributed by atoms with E-state index in [0.717, 1.165) is 16.6 Å². The fraction of sp³-hybridized carbons (Fsp3) is 0.400. The van der Waals surface area contributed by atoms with E-state index in [9.17, 15) is 0 Å². The fourth-order valence-electron chi connectivity index (χ4n) is 2.23. The molecule has 5 heteroatoms. The first-order valence-electron chi connectivity index (χ1n) is 6.80. The van der Waals surface area contributed by atoms with Crippen LogP contribution in [0.25, 0.3) is 0 Å². The fourth-order valence-corrected chi connectivity index (χ4v) is 3.24. The van der Waals surface area contributed by atoms with E-state index in [1.54, 1.807) is 18.4 Å². The predicted molar refractivity (Wildman–Crippen MR) is 83.0 cm³/mol. The van der Waals surface area contributed by atoms with Crippen molar-refractivity contribution in [1.82, 2.24) is 4.98 Å². The van der Waals surface area contributed by atoms with Gasteiger partial charge in [0.1, 0.15) is 5.75 Å². The average molecular weight is 289 g/mol. The molecule has 0 bridgehead atoms. The number of thiazole rings is 1. The van der Waals surface area contributed by atoms with Crippen LogP contribution >= 0.6 is 11.3 Å². The van der Waals surface area contributed by atoms with Crippen molar-refractivity contribution in [3.8, 4) is 5.75 Å². The minimum atomic E-state index is 0.583. The highest BCUT2D eigenvalue weighted by molar-refractivity contribution is 7.15. The van der Waals surface area contributed by atoms with Crippen LogP contribution in [0.1, 0.15) is 29.3 Å². The van der Waals surface area contributed by atoms with Crippen LogP contribution in [0.2, 0.25) is 0 Å². The van der Waals surface area contributed by atoms with E-state index in [-0.39, 0.29) is 0 Å². The summed E-state index contributed by atoms with van der Waals surface area (Å²) >= 11 is 1.70. The molecule has 1 fully saturated rings. The van der Waals surface area contributed by atoms with Gasteiger partial charge in [-0.05, 0) is 37.1 Å². The van der Waals surface area contributed by atoms with Gasteiger partial charge in [-0.2, -0.15) is 0 Å². The number of nitrogens with two attached hydrogens (primary N) is 1. The van der Waals surface area contributed by atoms with Gasteiger partial charge in [0.25, 0.3) is 0 Å². The summed E-state index contributed by atoms with van der Waals surface area (Å²) in [7, 11) is 3.71. The van der Waals surface area contributed by atoms with Crippen molar-refractivity contribution in [2.24, 2.45) is 5.73 Å². The molecule has 0 unspecified atom stereocenters. The molecule has 106 valence electrons. The summed E-state index contributed by atoms with van der Waals surface area (Å²) in [6.07, 6.45) is 2.50. The molecule has 4 nitrogen and oxygen atoms in total. The standard InChI is InChI=1S/C15H19N3OS/c1-18(11-5-7-12(19-2)8-6-11)15-17-14(10-3-4-10)13(9-16)20-15/h5-8,10H,3-4,9,16H2,1-2H3. The Balaban J connectivity index is 1.87. The number of hydrogen-bond donors (Lipinski definition) is 1. The largest absolute Gasteiger partial charge is 0.497 e. The van der Waals surface area contributed by atoms with Crippen LogP contribution < -0.4 is 15.4 Å². The number of nitrogens with zero attached hydrogens (tertiary/aromatic N) is 2. The van der Waals surface area contributed by atoms with E-state index in [0.29, 0.717) is 12.5 Å². The SMILES string of the molecule is COc1ccc(N(C)c2nc(C3CC3)c(CN)s2)cc1. The van der Waals surface area contributed by atoms with Gasteiger partial charge in [-0.25, -0.2) is 4.98 Å². The first-order chi connectivity index (χ1) is 9.72. The van der Waals surface area contributed by atoms with E-state index in [2.05, 4.69) is 4.90 Å². The average Bonchev–Trinajstić information content (AvgIpc) is 3.25. The maximum absolute atomic E-state index is 5.84. The molecule has 1 saturated carbocycles. The molecule has 20 heavy (non-hydrogen) atoms. The molecule has 1 heterocycles. The van der Waals surface area contributed by atoms with Crippen LogP contribution in [0.3, 0.4) is 0 Å². The lowest BCUT2D eigenvalue weighted by atomic mass is 10.2. The van der Waals surface area contributed by atoms with Crippen molar-refractivity contribution in [2.75, 3.05) is 19.1 Å². The second kappa shape index (κ2) is 5.42. The first kappa shape index (κ1) is 13.4. The molecule has 0 saturated heterocycles. The van der Waals surface area contributed by atoms with Crippen LogP contribution in [0.15, 0.2) is 24.3 Å². The zero-order valence-electron chi connectivity index (χ0n) is 11.8. The molecular formula is C15H19N3OS. The van der Waals surface area contributed by atoms with Gasteiger partial charge < -0.3 is 15.4 Å². The van der Waals surface area contributed by atoms with Crippen molar-refractivity contribution in [2.45, 2.75) is 25.3 Å². The molecule has 0 radical (unpaired) electrons. The minimum absolute atomic E-state index is 0.583. The number of methoxy groups -OCH3 is 1. The topological polar surface area (TPSA) is 51.4 Å². The summed E-state index contributed by atoms with van der Waals surface area (Å²) in [5, 5.41) is 1.01. The van der Waals surface area contributed by atoms with Crippen molar-refractivity contribution in [3.63, 3.8) is 0 Å². The summed E-state index contributed by atoms with van der Waals surface area (Å²) in [5.41, 5.74) is 8.16. The molecule has 1 aliphatic carbocycles. The Morgan fingerprint density at radius 2 is 2.05 bits per heavy atom. The van der Waals surface area contributed by atoms with Crippen molar-refractivity contribution in [3.05, 3.63) is 34.8 Å². The van der Waals surface area contributed by atoms with Crippen molar-refractivity contribution >= 4 is 22.2 Å². The zero-order chi connectivity index (χ0) is 14.1. The normalized spacial score (nSPS) is 14.3. The molecule has 0 spiro atoms. The van der Waals surface area contributed by atoms with Crippen LogP contribution in [0.4, 0.5) is 10.8 Å². The van der Waals surface area contributed by atoms with Gasteiger partial charge in [0, 0.05) is 30.1 Å². The summed E-state index contributed by atoms with van der Waals surface area (Å²) < 4.78 is 5.19. The van der Waals surface area contributed by atoms with Gasteiger partial charge in [-0.15, -0.1) is 0 Å². The van der Waals surface area contributed by atoms with E-state index >= 15 is 0 Å². The Bertz CT molecular complexity index is 590. The van der Waals surface area contributed by atoms with Gasteiger partial charge in [-0.1, -0.05) is 11.3 Å². The third-order valence-corrected chi connectivity index (χ3v) is 4.78. The summed E-state index contributed by atoms with van der Waals surface area (Å²) in [6, 6.07) is 8.01. The number of hydrogen-bond acceptors (Lipinski definition) is 5. The third-order valence-electron chi connectivity index (χ3n) is 3.61. The Labute approximate surface area is 123 Å². The molecule has 0 atom stereocenters. The number of anilines is 2. The molecule has 0 amide bonds. The Hall–Kier alpha value is -1.59. The van der Waals surface area contributed by atoms with E-state index < -0.39 is 0 Å². The maximum Gasteiger partial charge on any atom is 0.190 e. The smallest absolute Gasteiger partial charge is 0.190 e. The molecular weight excluding hydrogens is 270 g/mol. The molecule has 2 N–H and O–H groups in total. The third kappa shape index (κ3) is 2.51. The summed E-state index contributed by atoms with van der Waals surface area (Å²) in [6.45, 7) is 0.583. The van der Waals surface area contributed by atoms with Gasteiger partial charge >= 0.3 is 0 Å². The van der Waals surface area contributed by atoms with Gasteiger partial charge in [0.15, 0.2) is 5.13 Å².